The maximum atomic E-state index is 12.4. The number of nitrogens with one attached hydrogen (secondary N) is 1. The van der Waals surface area contributed by atoms with Crippen molar-refractivity contribution < 1.29 is 9.90 Å². The molecule has 3 rings (SSSR count). The third-order valence-electron chi connectivity index (χ3n) is 4.31. The summed E-state index contributed by atoms with van der Waals surface area (Å²) in [7, 11) is 0. The minimum atomic E-state index is -0.134. The zero-order chi connectivity index (χ0) is 16.1. The first kappa shape index (κ1) is 15.5. The Morgan fingerprint density at radius 1 is 1.17 bits per heavy atom. The molecule has 0 aliphatic carbocycles. The average molecular weight is 311 g/mol. The summed E-state index contributed by atoms with van der Waals surface area (Å²) >= 11 is 0. The summed E-state index contributed by atoms with van der Waals surface area (Å²) in [6.45, 7) is 2.05. The van der Waals surface area contributed by atoms with Gasteiger partial charge in [0.1, 0.15) is 0 Å². The van der Waals surface area contributed by atoms with Gasteiger partial charge in [-0.3, -0.25) is 9.78 Å². The van der Waals surface area contributed by atoms with Crippen LogP contribution in [0.25, 0.3) is 0 Å². The lowest BCUT2D eigenvalue weighted by Crippen LogP contribution is -2.35. The minimum absolute atomic E-state index is 0.134. The summed E-state index contributed by atoms with van der Waals surface area (Å²) in [5.74, 6) is 0.259. The Morgan fingerprint density at radius 2 is 1.87 bits per heavy atom. The van der Waals surface area contributed by atoms with Crippen molar-refractivity contribution in [1.82, 2.24) is 4.98 Å². The number of amides is 1. The molecule has 0 bridgehead atoms. The Hall–Kier alpha value is -2.40. The van der Waals surface area contributed by atoms with Gasteiger partial charge in [0.25, 0.3) is 5.91 Å². The molecule has 1 aliphatic rings. The van der Waals surface area contributed by atoms with E-state index in [2.05, 4.69) is 15.2 Å². The maximum Gasteiger partial charge on any atom is 0.255 e. The summed E-state index contributed by atoms with van der Waals surface area (Å²) in [5, 5.41) is 12.3. The molecule has 1 aliphatic heterocycles. The number of pyridine rings is 1. The van der Waals surface area contributed by atoms with E-state index < -0.39 is 0 Å². The van der Waals surface area contributed by atoms with Gasteiger partial charge in [0.05, 0.1) is 11.4 Å². The number of rotatable bonds is 4. The molecule has 1 fully saturated rings. The van der Waals surface area contributed by atoms with Gasteiger partial charge in [-0.05, 0) is 43.0 Å². The lowest BCUT2D eigenvalue weighted by atomic mass is 9.97. The largest absolute Gasteiger partial charge is 0.396 e. The third kappa shape index (κ3) is 3.68. The molecule has 0 atom stereocenters. The van der Waals surface area contributed by atoms with Crippen molar-refractivity contribution in [3.63, 3.8) is 0 Å². The number of benzene rings is 1. The predicted molar refractivity (Wildman–Crippen MR) is 90.7 cm³/mol. The molecule has 0 radical (unpaired) electrons. The van der Waals surface area contributed by atoms with Gasteiger partial charge in [0, 0.05) is 37.7 Å². The lowest BCUT2D eigenvalue weighted by molar-refractivity contribution is 0.102. The van der Waals surface area contributed by atoms with Crippen LogP contribution in [0, 0.1) is 5.92 Å². The molecule has 5 heteroatoms. The highest BCUT2D eigenvalue weighted by Gasteiger charge is 2.21. The van der Waals surface area contributed by atoms with Gasteiger partial charge in [0.15, 0.2) is 0 Å². The Morgan fingerprint density at radius 3 is 2.57 bits per heavy atom. The van der Waals surface area contributed by atoms with E-state index in [1.165, 1.54) is 0 Å². The molecule has 1 aromatic heterocycles. The van der Waals surface area contributed by atoms with Crippen molar-refractivity contribution in [2.45, 2.75) is 12.8 Å². The monoisotopic (exact) mass is 311 g/mol. The summed E-state index contributed by atoms with van der Waals surface area (Å²) in [4.78, 5) is 18.6. The summed E-state index contributed by atoms with van der Waals surface area (Å²) in [6, 6.07) is 11.3. The second-order valence-corrected chi connectivity index (χ2v) is 5.82. The van der Waals surface area contributed by atoms with E-state index in [-0.39, 0.29) is 12.5 Å². The molecule has 1 saturated heterocycles. The number of hydrogen-bond donors (Lipinski definition) is 2. The highest BCUT2D eigenvalue weighted by atomic mass is 16.3. The topological polar surface area (TPSA) is 65.5 Å². The van der Waals surface area contributed by atoms with Crippen LogP contribution >= 0.6 is 0 Å². The fraction of sp³-hybridized carbons (Fsp3) is 0.333. The van der Waals surface area contributed by atoms with E-state index in [1.54, 1.807) is 24.5 Å². The highest BCUT2D eigenvalue weighted by molar-refractivity contribution is 6.05. The molecule has 1 amide bonds. The van der Waals surface area contributed by atoms with Crippen molar-refractivity contribution in [3.05, 3.63) is 54.4 Å². The van der Waals surface area contributed by atoms with Crippen LogP contribution < -0.4 is 10.2 Å². The van der Waals surface area contributed by atoms with E-state index >= 15 is 0 Å². The fourth-order valence-corrected chi connectivity index (χ4v) is 2.91. The summed E-state index contributed by atoms with van der Waals surface area (Å²) in [5.41, 5.74) is 2.44. The number of anilines is 2. The molecule has 2 N–H and O–H groups in total. The average Bonchev–Trinajstić information content (AvgIpc) is 2.63. The van der Waals surface area contributed by atoms with Gasteiger partial charge in [-0.1, -0.05) is 12.1 Å². The molecular formula is C18H21N3O2. The molecule has 5 nitrogen and oxygen atoms in total. The number of hydrogen-bond acceptors (Lipinski definition) is 4. The van der Waals surface area contributed by atoms with Gasteiger partial charge in [-0.2, -0.15) is 0 Å². The smallest absolute Gasteiger partial charge is 0.255 e. The van der Waals surface area contributed by atoms with E-state index in [9.17, 15) is 9.90 Å². The van der Waals surface area contributed by atoms with E-state index in [0.29, 0.717) is 11.5 Å². The third-order valence-corrected chi connectivity index (χ3v) is 4.31. The van der Waals surface area contributed by atoms with Gasteiger partial charge in [-0.25, -0.2) is 0 Å². The first-order chi connectivity index (χ1) is 11.3. The van der Waals surface area contributed by atoms with Crippen molar-refractivity contribution >= 4 is 17.3 Å². The van der Waals surface area contributed by atoms with Gasteiger partial charge in [0.2, 0.25) is 0 Å². The number of para-hydroxylation sites is 2. The van der Waals surface area contributed by atoms with Crippen LogP contribution in [0.3, 0.4) is 0 Å². The molecular weight excluding hydrogens is 290 g/mol. The molecule has 0 spiro atoms. The molecule has 23 heavy (non-hydrogen) atoms. The van der Waals surface area contributed by atoms with Crippen molar-refractivity contribution in [1.29, 1.82) is 0 Å². The number of nitrogens with zero attached hydrogens (tertiary/aromatic N) is 2. The van der Waals surface area contributed by atoms with Crippen LogP contribution in [0.4, 0.5) is 11.4 Å². The molecule has 0 saturated carbocycles. The van der Waals surface area contributed by atoms with Crippen LogP contribution in [0.5, 0.6) is 0 Å². The predicted octanol–water partition coefficient (Wildman–Crippen LogP) is 2.54. The van der Waals surface area contributed by atoms with Crippen molar-refractivity contribution in [2.75, 3.05) is 29.9 Å². The first-order valence-corrected chi connectivity index (χ1v) is 7.94. The number of aliphatic hydroxyl groups excluding tert-OH is 1. The second kappa shape index (κ2) is 7.24. The summed E-state index contributed by atoms with van der Waals surface area (Å²) < 4.78 is 0. The van der Waals surface area contributed by atoms with Gasteiger partial charge < -0.3 is 15.3 Å². The van der Waals surface area contributed by atoms with Crippen LogP contribution in [-0.4, -0.2) is 35.7 Å². The quantitative estimate of drug-likeness (QED) is 0.911. The molecule has 1 aromatic carbocycles. The Kier molecular flexibility index (Phi) is 4.88. The molecule has 0 unspecified atom stereocenters. The lowest BCUT2D eigenvalue weighted by Gasteiger charge is -2.34. The number of piperidine rings is 1. The van der Waals surface area contributed by atoms with Crippen LogP contribution in [0.1, 0.15) is 23.2 Å². The fourth-order valence-electron chi connectivity index (χ4n) is 2.91. The molecule has 2 aromatic rings. The maximum absolute atomic E-state index is 12.4. The SMILES string of the molecule is O=C(Nc1ccccc1N1CCC(CO)CC1)c1ccncc1. The Labute approximate surface area is 136 Å². The van der Waals surface area contributed by atoms with Gasteiger partial charge in [-0.15, -0.1) is 0 Å². The van der Waals surface area contributed by atoms with Crippen LogP contribution in [-0.2, 0) is 0 Å². The summed E-state index contributed by atoms with van der Waals surface area (Å²) in [6.07, 6.45) is 5.17. The Bertz CT molecular complexity index is 652. The standard InChI is InChI=1S/C18H21N3O2/c22-13-14-7-11-21(12-8-14)17-4-2-1-3-16(17)20-18(23)15-5-9-19-10-6-15/h1-6,9-10,14,22H,7-8,11-13H2,(H,20,23). The zero-order valence-electron chi connectivity index (χ0n) is 13.0. The van der Waals surface area contributed by atoms with Crippen molar-refractivity contribution in [2.24, 2.45) is 5.92 Å². The number of carbonyl (C=O) groups is 1. The highest BCUT2D eigenvalue weighted by Crippen LogP contribution is 2.30. The second-order valence-electron chi connectivity index (χ2n) is 5.82. The van der Waals surface area contributed by atoms with Crippen molar-refractivity contribution in [3.8, 4) is 0 Å². The van der Waals surface area contributed by atoms with Gasteiger partial charge >= 0.3 is 0 Å². The normalized spacial score (nSPS) is 15.4. The van der Waals surface area contributed by atoms with E-state index in [4.69, 9.17) is 0 Å². The minimum Gasteiger partial charge on any atom is -0.396 e. The molecule has 2 heterocycles. The zero-order valence-corrected chi connectivity index (χ0v) is 13.0. The number of carbonyl (C=O) groups excluding carboxylic acids is 1. The van der Waals surface area contributed by atoms with Crippen LogP contribution in [0.15, 0.2) is 48.8 Å². The van der Waals surface area contributed by atoms with E-state index in [0.717, 1.165) is 37.3 Å². The number of aliphatic hydroxyl groups is 1. The first-order valence-electron chi connectivity index (χ1n) is 7.94. The Balaban J connectivity index is 1.75. The van der Waals surface area contributed by atoms with E-state index in [1.807, 2.05) is 24.3 Å². The van der Waals surface area contributed by atoms with Crippen LogP contribution in [0.2, 0.25) is 0 Å². The number of aromatic nitrogens is 1. The molecule has 120 valence electrons.